The Balaban J connectivity index is 2.30. The van der Waals surface area contributed by atoms with E-state index in [-0.39, 0.29) is 5.56 Å². The molecule has 0 spiro atoms. The molecule has 1 aromatic carbocycles. The van der Waals surface area contributed by atoms with Gasteiger partial charge in [-0.15, -0.1) is 0 Å². The van der Waals surface area contributed by atoms with E-state index in [1.54, 1.807) is 13.0 Å². The number of rotatable bonds is 2. The van der Waals surface area contributed by atoms with Crippen LogP contribution in [0.3, 0.4) is 0 Å². The van der Waals surface area contributed by atoms with E-state index in [2.05, 4.69) is 10.3 Å². The maximum Gasteiger partial charge on any atom is 0.257 e. The summed E-state index contributed by atoms with van der Waals surface area (Å²) in [6.45, 7) is 1.72. The van der Waals surface area contributed by atoms with Crippen LogP contribution in [-0.4, -0.2) is 10.9 Å². The van der Waals surface area contributed by atoms with Gasteiger partial charge in [0.25, 0.3) is 5.91 Å². The Hall–Kier alpha value is -2.30. The van der Waals surface area contributed by atoms with Crippen LogP contribution in [0, 0.1) is 18.6 Å². The molecule has 0 saturated heterocycles. The Morgan fingerprint density at radius 1 is 1.22 bits per heavy atom. The smallest absolute Gasteiger partial charge is 0.257 e. The van der Waals surface area contributed by atoms with Crippen LogP contribution in [0.2, 0.25) is 0 Å². The predicted molar refractivity (Wildman–Crippen MR) is 63.3 cm³/mol. The van der Waals surface area contributed by atoms with Gasteiger partial charge in [-0.25, -0.2) is 8.78 Å². The number of hydrogen-bond acceptors (Lipinski definition) is 2. The molecule has 92 valence electrons. The topological polar surface area (TPSA) is 42.0 Å². The molecule has 0 bridgehead atoms. The fourth-order valence-corrected chi connectivity index (χ4v) is 1.50. The second-order valence-corrected chi connectivity index (χ2v) is 3.74. The van der Waals surface area contributed by atoms with Gasteiger partial charge < -0.3 is 5.32 Å². The van der Waals surface area contributed by atoms with Crippen molar-refractivity contribution >= 4 is 11.6 Å². The Bertz CT molecular complexity index is 579. The second-order valence-electron chi connectivity index (χ2n) is 3.74. The number of benzene rings is 1. The second kappa shape index (κ2) is 4.91. The largest absolute Gasteiger partial charge is 0.317 e. The van der Waals surface area contributed by atoms with E-state index in [1.165, 1.54) is 18.5 Å². The van der Waals surface area contributed by atoms with Gasteiger partial charge in [0, 0.05) is 12.4 Å². The van der Waals surface area contributed by atoms with Gasteiger partial charge in [0.15, 0.2) is 0 Å². The third-order valence-corrected chi connectivity index (χ3v) is 2.48. The summed E-state index contributed by atoms with van der Waals surface area (Å²) in [7, 11) is 0. The van der Waals surface area contributed by atoms with Crippen molar-refractivity contribution in [1.82, 2.24) is 4.98 Å². The first kappa shape index (κ1) is 12.2. The highest BCUT2D eigenvalue weighted by Crippen LogP contribution is 2.19. The van der Waals surface area contributed by atoms with E-state index in [0.29, 0.717) is 5.56 Å². The summed E-state index contributed by atoms with van der Waals surface area (Å²) in [6.07, 6.45) is 2.89. The van der Waals surface area contributed by atoms with Crippen LogP contribution in [0.5, 0.6) is 0 Å². The molecule has 1 amide bonds. The molecule has 3 nitrogen and oxygen atoms in total. The van der Waals surface area contributed by atoms with Crippen molar-refractivity contribution in [1.29, 1.82) is 0 Å². The minimum Gasteiger partial charge on any atom is -0.317 e. The fourth-order valence-electron chi connectivity index (χ4n) is 1.50. The lowest BCUT2D eigenvalue weighted by Crippen LogP contribution is -2.15. The summed E-state index contributed by atoms with van der Waals surface area (Å²) < 4.78 is 26.7. The highest BCUT2D eigenvalue weighted by atomic mass is 19.1. The van der Waals surface area contributed by atoms with Crippen LogP contribution >= 0.6 is 0 Å². The van der Waals surface area contributed by atoms with E-state index in [9.17, 15) is 13.6 Å². The molecule has 0 aliphatic carbocycles. The minimum absolute atomic E-state index is 0.278. The number of para-hydroxylation sites is 1. The summed E-state index contributed by atoms with van der Waals surface area (Å²) in [5, 5.41) is 2.21. The van der Waals surface area contributed by atoms with E-state index < -0.39 is 23.2 Å². The van der Waals surface area contributed by atoms with Crippen LogP contribution in [0.25, 0.3) is 0 Å². The highest BCUT2D eigenvalue weighted by molar-refractivity contribution is 6.05. The zero-order valence-corrected chi connectivity index (χ0v) is 9.58. The molecule has 0 radical (unpaired) electrons. The first-order chi connectivity index (χ1) is 8.59. The Morgan fingerprint density at radius 2 is 1.89 bits per heavy atom. The molecule has 1 heterocycles. The molecule has 0 unspecified atom stereocenters. The number of hydrogen-bond donors (Lipinski definition) is 1. The quantitative estimate of drug-likeness (QED) is 0.887. The summed E-state index contributed by atoms with van der Waals surface area (Å²) >= 11 is 0. The van der Waals surface area contributed by atoms with Gasteiger partial charge in [-0.2, -0.15) is 0 Å². The number of aryl methyl sites for hydroxylation is 1. The number of anilines is 1. The normalized spacial score (nSPS) is 10.2. The third-order valence-electron chi connectivity index (χ3n) is 2.48. The van der Waals surface area contributed by atoms with Crippen LogP contribution in [0.1, 0.15) is 15.9 Å². The van der Waals surface area contributed by atoms with E-state index >= 15 is 0 Å². The SMILES string of the molecule is Cc1ccncc1C(=O)Nc1c(F)cccc1F. The molecule has 2 rings (SSSR count). The molecule has 5 heteroatoms. The van der Waals surface area contributed by atoms with Crippen LogP contribution in [-0.2, 0) is 0 Å². The molecule has 0 atom stereocenters. The number of pyridine rings is 1. The summed E-state index contributed by atoms with van der Waals surface area (Å²) in [4.78, 5) is 15.7. The van der Waals surface area contributed by atoms with Crippen molar-refractivity contribution in [2.24, 2.45) is 0 Å². The predicted octanol–water partition coefficient (Wildman–Crippen LogP) is 2.92. The Kier molecular flexibility index (Phi) is 3.32. The molecule has 1 N–H and O–H groups in total. The van der Waals surface area contributed by atoms with Crippen molar-refractivity contribution in [2.75, 3.05) is 5.32 Å². The molecule has 0 saturated carbocycles. The molecular formula is C13H10F2N2O. The first-order valence-corrected chi connectivity index (χ1v) is 5.25. The van der Waals surface area contributed by atoms with Crippen molar-refractivity contribution in [3.63, 3.8) is 0 Å². The number of aromatic nitrogens is 1. The lowest BCUT2D eigenvalue weighted by atomic mass is 10.1. The third kappa shape index (κ3) is 2.34. The standard InChI is InChI=1S/C13H10F2N2O/c1-8-5-6-16-7-9(8)13(18)17-12-10(14)3-2-4-11(12)15/h2-7H,1H3,(H,17,18). The van der Waals surface area contributed by atoms with Gasteiger partial charge in [0.2, 0.25) is 0 Å². The van der Waals surface area contributed by atoms with Crippen LogP contribution in [0.4, 0.5) is 14.5 Å². The first-order valence-electron chi connectivity index (χ1n) is 5.25. The molecule has 2 aromatic rings. The summed E-state index contributed by atoms with van der Waals surface area (Å²) in [5.74, 6) is -2.22. The zero-order valence-electron chi connectivity index (χ0n) is 9.58. The number of amides is 1. The maximum atomic E-state index is 13.4. The summed E-state index contributed by atoms with van der Waals surface area (Å²) in [6, 6.07) is 5.03. The van der Waals surface area contributed by atoms with Crippen LogP contribution < -0.4 is 5.32 Å². The summed E-state index contributed by atoms with van der Waals surface area (Å²) in [5.41, 5.74) is 0.505. The van der Waals surface area contributed by atoms with Gasteiger partial charge in [0.1, 0.15) is 17.3 Å². The van der Waals surface area contributed by atoms with Gasteiger partial charge in [-0.05, 0) is 30.7 Å². The zero-order chi connectivity index (χ0) is 13.1. The Labute approximate surface area is 102 Å². The average Bonchev–Trinajstić information content (AvgIpc) is 2.34. The van der Waals surface area contributed by atoms with E-state index in [4.69, 9.17) is 0 Å². The number of halogens is 2. The number of nitrogens with one attached hydrogen (secondary N) is 1. The molecule has 1 aromatic heterocycles. The number of carbonyl (C=O) groups excluding carboxylic acids is 1. The van der Waals surface area contributed by atoms with E-state index in [1.807, 2.05) is 0 Å². The molecule has 0 aliphatic rings. The van der Waals surface area contributed by atoms with Gasteiger partial charge in [-0.3, -0.25) is 9.78 Å². The lowest BCUT2D eigenvalue weighted by Gasteiger charge is -2.08. The van der Waals surface area contributed by atoms with Gasteiger partial charge in [0.05, 0.1) is 5.56 Å². The molecule has 18 heavy (non-hydrogen) atoms. The average molecular weight is 248 g/mol. The highest BCUT2D eigenvalue weighted by Gasteiger charge is 2.14. The monoisotopic (exact) mass is 248 g/mol. The minimum atomic E-state index is -0.815. The molecule has 0 fully saturated rings. The number of carbonyl (C=O) groups is 1. The van der Waals surface area contributed by atoms with Crippen molar-refractivity contribution in [3.8, 4) is 0 Å². The van der Waals surface area contributed by atoms with Crippen molar-refractivity contribution in [3.05, 3.63) is 59.4 Å². The van der Waals surface area contributed by atoms with Crippen molar-refractivity contribution in [2.45, 2.75) is 6.92 Å². The maximum absolute atomic E-state index is 13.4. The lowest BCUT2D eigenvalue weighted by molar-refractivity contribution is 0.102. The van der Waals surface area contributed by atoms with Gasteiger partial charge >= 0.3 is 0 Å². The van der Waals surface area contributed by atoms with Gasteiger partial charge in [-0.1, -0.05) is 6.07 Å². The Morgan fingerprint density at radius 3 is 2.50 bits per heavy atom. The molecular weight excluding hydrogens is 238 g/mol. The van der Waals surface area contributed by atoms with Crippen LogP contribution in [0.15, 0.2) is 36.7 Å². The number of nitrogens with zero attached hydrogens (tertiary/aromatic N) is 1. The fraction of sp³-hybridized carbons (Fsp3) is 0.0769. The molecule has 0 aliphatic heterocycles. The van der Waals surface area contributed by atoms with E-state index in [0.717, 1.165) is 12.1 Å². The van der Waals surface area contributed by atoms with Crippen molar-refractivity contribution < 1.29 is 13.6 Å².